The van der Waals surface area contributed by atoms with E-state index in [0.717, 1.165) is 0 Å². The van der Waals surface area contributed by atoms with Crippen molar-refractivity contribution in [1.82, 2.24) is 0 Å². The lowest BCUT2D eigenvalue weighted by atomic mass is 10.1. The van der Waals surface area contributed by atoms with E-state index in [4.69, 9.17) is 4.74 Å². The molecule has 0 saturated carbocycles. The Morgan fingerprint density at radius 2 is 1.45 bits per heavy atom. The molecule has 2 aliphatic rings. The highest BCUT2D eigenvalue weighted by atomic mass is 16.6. The van der Waals surface area contributed by atoms with E-state index in [1.165, 1.54) is 10.4 Å². The quantitative estimate of drug-likeness (QED) is 0.468. The van der Waals surface area contributed by atoms with Crippen molar-refractivity contribution in [2.75, 3.05) is 0 Å². The monoisotopic (exact) mass is 144 g/mol. The van der Waals surface area contributed by atoms with Gasteiger partial charge in [-0.15, -0.1) is 0 Å². The van der Waals surface area contributed by atoms with Crippen LogP contribution in [0.3, 0.4) is 0 Å². The highest BCUT2D eigenvalue weighted by Gasteiger charge is 2.35. The SMILES string of the molecule is C1=c2ccccc2=C[C@H]2O[C@@H]12. The van der Waals surface area contributed by atoms with Crippen LogP contribution in [0.1, 0.15) is 0 Å². The van der Waals surface area contributed by atoms with Gasteiger partial charge in [0, 0.05) is 0 Å². The fraction of sp³-hybridized carbons (Fsp3) is 0.200. The van der Waals surface area contributed by atoms with Crippen LogP contribution in [0.5, 0.6) is 0 Å². The van der Waals surface area contributed by atoms with Crippen LogP contribution in [-0.2, 0) is 4.74 Å². The molecule has 2 atom stereocenters. The Kier molecular flexibility index (Phi) is 0.880. The largest absolute Gasteiger partial charge is 0.361 e. The molecule has 0 spiro atoms. The summed E-state index contributed by atoms with van der Waals surface area (Å²) in [4.78, 5) is 0. The molecule has 54 valence electrons. The molecule has 1 saturated heterocycles. The Morgan fingerprint density at radius 3 is 2.00 bits per heavy atom. The Hall–Kier alpha value is -1.08. The lowest BCUT2D eigenvalue weighted by Crippen LogP contribution is -2.27. The molecule has 0 unspecified atom stereocenters. The van der Waals surface area contributed by atoms with Crippen LogP contribution in [0, 0.1) is 0 Å². The first kappa shape index (κ1) is 5.56. The van der Waals surface area contributed by atoms with Gasteiger partial charge in [-0.1, -0.05) is 24.3 Å². The smallest absolute Gasteiger partial charge is 0.107 e. The second-order valence-electron chi connectivity index (χ2n) is 3.03. The first-order valence-corrected chi connectivity index (χ1v) is 3.88. The first-order chi connectivity index (χ1) is 5.43. The lowest BCUT2D eigenvalue weighted by molar-refractivity contribution is 0.426. The second kappa shape index (κ2) is 1.74. The average molecular weight is 144 g/mol. The fourth-order valence-electron chi connectivity index (χ4n) is 1.57. The van der Waals surface area contributed by atoms with Gasteiger partial charge in [0.15, 0.2) is 0 Å². The normalized spacial score (nSPS) is 30.9. The molecular formula is C10H8O. The summed E-state index contributed by atoms with van der Waals surface area (Å²) in [6, 6.07) is 8.38. The van der Waals surface area contributed by atoms with E-state index in [0.29, 0.717) is 12.2 Å². The van der Waals surface area contributed by atoms with E-state index in [9.17, 15) is 0 Å². The molecule has 1 heteroatoms. The molecule has 0 amide bonds. The maximum Gasteiger partial charge on any atom is 0.107 e. The second-order valence-corrected chi connectivity index (χ2v) is 3.03. The molecule has 1 nitrogen and oxygen atoms in total. The molecule has 0 bridgehead atoms. The minimum absolute atomic E-state index is 0.380. The summed E-state index contributed by atoms with van der Waals surface area (Å²) in [5, 5.41) is 2.62. The van der Waals surface area contributed by atoms with Crippen LogP contribution in [-0.4, -0.2) is 12.2 Å². The third-order valence-corrected chi connectivity index (χ3v) is 2.25. The third-order valence-electron chi connectivity index (χ3n) is 2.25. The highest BCUT2D eigenvalue weighted by molar-refractivity contribution is 5.51. The van der Waals surface area contributed by atoms with Crippen molar-refractivity contribution in [3.63, 3.8) is 0 Å². The molecule has 1 fully saturated rings. The van der Waals surface area contributed by atoms with Gasteiger partial charge in [-0.25, -0.2) is 0 Å². The molecule has 1 aromatic rings. The number of epoxide rings is 1. The van der Waals surface area contributed by atoms with Crippen molar-refractivity contribution in [2.45, 2.75) is 12.2 Å². The van der Waals surface area contributed by atoms with Gasteiger partial charge >= 0.3 is 0 Å². The lowest BCUT2D eigenvalue weighted by Gasteiger charge is -1.92. The molecule has 3 rings (SSSR count). The van der Waals surface area contributed by atoms with Crippen LogP contribution in [0.2, 0.25) is 0 Å². The first-order valence-electron chi connectivity index (χ1n) is 3.88. The van der Waals surface area contributed by atoms with Gasteiger partial charge in [0.1, 0.15) is 12.2 Å². The molecular weight excluding hydrogens is 136 g/mol. The molecule has 1 aliphatic carbocycles. The van der Waals surface area contributed by atoms with E-state index in [2.05, 4.69) is 36.4 Å². The van der Waals surface area contributed by atoms with Crippen LogP contribution >= 0.6 is 0 Å². The van der Waals surface area contributed by atoms with E-state index >= 15 is 0 Å². The standard InChI is InChI=1S/C10H8O/c1-2-4-8-6-10-9(11-10)5-7(8)3-1/h1-6,9-10H/t9-,10+. The van der Waals surface area contributed by atoms with Gasteiger partial charge in [-0.3, -0.25) is 0 Å². The third kappa shape index (κ3) is 0.747. The maximum absolute atomic E-state index is 5.35. The molecule has 0 aromatic heterocycles. The summed E-state index contributed by atoms with van der Waals surface area (Å²) in [5.74, 6) is 0. The highest BCUT2D eigenvalue weighted by Crippen LogP contribution is 2.25. The summed E-state index contributed by atoms with van der Waals surface area (Å²) in [6.45, 7) is 0. The summed E-state index contributed by atoms with van der Waals surface area (Å²) < 4.78 is 5.35. The van der Waals surface area contributed by atoms with Gasteiger partial charge < -0.3 is 4.74 Å². The van der Waals surface area contributed by atoms with E-state index in [-0.39, 0.29) is 0 Å². The van der Waals surface area contributed by atoms with Crippen LogP contribution < -0.4 is 10.4 Å². The molecule has 0 N–H and O–H groups in total. The van der Waals surface area contributed by atoms with Crippen molar-refractivity contribution in [2.24, 2.45) is 0 Å². The zero-order valence-corrected chi connectivity index (χ0v) is 6.03. The van der Waals surface area contributed by atoms with E-state index in [1.54, 1.807) is 0 Å². The van der Waals surface area contributed by atoms with Gasteiger partial charge in [0.05, 0.1) is 0 Å². The number of ether oxygens (including phenoxy) is 1. The molecule has 1 aliphatic heterocycles. The van der Waals surface area contributed by atoms with Gasteiger partial charge in [0.2, 0.25) is 0 Å². The van der Waals surface area contributed by atoms with Crippen molar-refractivity contribution < 1.29 is 4.74 Å². The van der Waals surface area contributed by atoms with Gasteiger partial charge in [-0.05, 0) is 22.6 Å². The maximum atomic E-state index is 5.35. The van der Waals surface area contributed by atoms with Gasteiger partial charge in [-0.2, -0.15) is 0 Å². The fourth-order valence-corrected chi connectivity index (χ4v) is 1.57. The minimum atomic E-state index is 0.380. The Labute approximate surface area is 64.6 Å². The topological polar surface area (TPSA) is 12.5 Å². The predicted octanol–water partition coefficient (Wildman–Crippen LogP) is 0.0286. The Morgan fingerprint density at radius 1 is 0.909 bits per heavy atom. The number of rotatable bonds is 0. The summed E-state index contributed by atoms with van der Waals surface area (Å²) in [7, 11) is 0. The Bertz CT molecular complexity index is 366. The van der Waals surface area contributed by atoms with Crippen molar-refractivity contribution >= 4 is 12.2 Å². The number of benzene rings is 1. The molecule has 0 radical (unpaired) electrons. The average Bonchev–Trinajstić information content (AvgIpc) is 2.77. The number of hydrogen-bond donors (Lipinski definition) is 0. The van der Waals surface area contributed by atoms with E-state index < -0.39 is 0 Å². The minimum Gasteiger partial charge on any atom is -0.361 e. The Balaban J connectivity index is 2.42. The summed E-state index contributed by atoms with van der Waals surface area (Å²) >= 11 is 0. The van der Waals surface area contributed by atoms with Crippen molar-refractivity contribution in [3.05, 3.63) is 34.7 Å². The zero-order chi connectivity index (χ0) is 7.26. The van der Waals surface area contributed by atoms with Crippen LogP contribution in [0.15, 0.2) is 24.3 Å². The summed E-state index contributed by atoms with van der Waals surface area (Å²) in [5.41, 5.74) is 0. The molecule has 1 heterocycles. The molecule has 11 heavy (non-hydrogen) atoms. The van der Waals surface area contributed by atoms with Crippen molar-refractivity contribution in [1.29, 1.82) is 0 Å². The predicted molar refractivity (Wildman–Crippen MR) is 43.3 cm³/mol. The zero-order valence-electron chi connectivity index (χ0n) is 6.03. The number of hydrogen-bond acceptors (Lipinski definition) is 1. The van der Waals surface area contributed by atoms with Gasteiger partial charge in [0.25, 0.3) is 0 Å². The molecule has 1 aromatic carbocycles. The van der Waals surface area contributed by atoms with E-state index in [1.807, 2.05) is 0 Å². The summed E-state index contributed by atoms with van der Waals surface area (Å²) in [6.07, 6.45) is 5.15. The van der Waals surface area contributed by atoms with Crippen LogP contribution in [0.25, 0.3) is 12.2 Å². The van der Waals surface area contributed by atoms with Crippen LogP contribution in [0.4, 0.5) is 0 Å². The van der Waals surface area contributed by atoms with Crippen molar-refractivity contribution in [3.8, 4) is 0 Å². The number of fused-ring (bicyclic) bond motifs is 2.